The van der Waals surface area contributed by atoms with Crippen LogP contribution in [0.25, 0.3) is 0 Å². The zero-order valence-electron chi connectivity index (χ0n) is 12.0. The molecule has 0 spiro atoms. The summed E-state index contributed by atoms with van der Waals surface area (Å²) in [4.78, 5) is 10.4. The maximum Gasteiger partial charge on any atom is 0.129 e. The van der Waals surface area contributed by atoms with E-state index in [2.05, 4.69) is 0 Å². The highest BCUT2D eigenvalue weighted by molar-refractivity contribution is 5.75. The van der Waals surface area contributed by atoms with E-state index in [9.17, 15) is 4.79 Å². The summed E-state index contributed by atoms with van der Waals surface area (Å²) in [5.74, 6) is 0.289. The fourth-order valence-corrected chi connectivity index (χ4v) is 1.37. The molecule has 0 heterocycles. The van der Waals surface area contributed by atoms with E-state index in [1.54, 1.807) is 14.0 Å². The highest BCUT2D eigenvalue weighted by Crippen LogP contribution is 1.99. The van der Waals surface area contributed by atoms with Crippen molar-refractivity contribution in [1.82, 2.24) is 0 Å². The van der Waals surface area contributed by atoms with E-state index in [0.717, 1.165) is 58.0 Å². The van der Waals surface area contributed by atoms with E-state index in [1.807, 2.05) is 0 Å². The second-order valence-electron chi connectivity index (χ2n) is 4.37. The number of carbonyl (C=O) groups excluding carboxylic acids is 1. The van der Waals surface area contributed by atoms with Crippen LogP contribution in [0.3, 0.4) is 0 Å². The molecule has 0 aliphatic heterocycles. The number of aliphatic hydroxyl groups excluding tert-OH is 2. The van der Waals surface area contributed by atoms with Gasteiger partial charge in [-0.3, -0.25) is 0 Å². The van der Waals surface area contributed by atoms with Gasteiger partial charge in [0.05, 0.1) is 0 Å². The van der Waals surface area contributed by atoms with Crippen LogP contribution in [0.4, 0.5) is 0 Å². The van der Waals surface area contributed by atoms with Crippen LogP contribution in [0.2, 0.25) is 0 Å². The number of Topliss-reactive ketones (excluding diaryl/α,β-unsaturated/α-hetero) is 1. The summed E-state index contributed by atoms with van der Waals surface area (Å²) in [5.41, 5.74) is 0. The molecule has 0 saturated carbocycles. The Morgan fingerprint density at radius 2 is 1.39 bits per heavy atom. The number of rotatable bonds is 11. The summed E-state index contributed by atoms with van der Waals surface area (Å²) >= 11 is 0. The SMILES string of the molecule is COCCCCCC(C)=O.OCCCCCCO. The Labute approximate surface area is 111 Å². The first-order valence-corrected chi connectivity index (χ1v) is 6.89. The summed E-state index contributed by atoms with van der Waals surface area (Å²) in [6.45, 7) is 3.02. The third kappa shape index (κ3) is 24.7. The molecule has 110 valence electrons. The molecule has 0 aromatic carbocycles. The molecular weight excluding hydrogens is 232 g/mol. The van der Waals surface area contributed by atoms with Gasteiger partial charge in [0, 0.05) is 33.4 Å². The second-order valence-corrected chi connectivity index (χ2v) is 4.37. The van der Waals surface area contributed by atoms with Crippen LogP contribution >= 0.6 is 0 Å². The van der Waals surface area contributed by atoms with Gasteiger partial charge in [0.1, 0.15) is 5.78 Å². The van der Waals surface area contributed by atoms with Crippen molar-refractivity contribution in [2.24, 2.45) is 0 Å². The molecule has 0 unspecified atom stereocenters. The topological polar surface area (TPSA) is 66.8 Å². The number of ketones is 1. The Morgan fingerprint density at radius 1 is 0.889 bits per heavy atom. The number of unbranched alkanes of at least 4 members (excludes halogenated alkanes) is 5. The Balaban J connectivity index is 0. The smallest absolute Gasteiger partial charge is 0.129 e. The van der Waals surface area contributed by atoms with Crippen LogP contribution in [0, 0.1) is 0 Å². The molecule has 0 aliphatic carbocycles. The fraction of sp³-hybridized carbons (Fsp3) is 0.929. The zero-order valence-corrected chi connectivity index (χ0v) is 12.0. The molecule has 0 fully saturated rings. The van der Waals surface area contributed by atoms with E-state index in [1.165, 1.54) is 0 Å². The van der Waals surface area contributed by atoms with E-state index in [4.69, 9.17) is 14.9 Å². The number of ether oxygens (including phenoxy) is 1. The first-order valence-electron chi connectivity index (χ1n) is 6.89. The summed E-state index contributed by atoms with van der Waals surface area (Å²) in [7, 11) is 1.70. The molecule has 4 nitrogen and oxygen atoms in total. The molecule has 0 aromatic heterocycles. The molecule has 0 aliphatic rings. The van der Waals surface area contributed by atoms with Crippen LogP contribution in [0.15, 0.2) is 0 Å². The van der Waals surface area contributed by atoms with Gasteiger partial charge in [0.15, 0.2) is 0 Å². The van der Waals surface area contributed by atoms with Crippen molar-refractivity contribution in [3.63, 3.8) is 0 Å². The second kappa shape index (κ2) is 18.9. The standard InChI is InChI=1S/C8H16O2.C6H14O2/c1-8(9)6-4-3-5-7-10-2;7-5-3-1-2-4-6-8/h3-7H2,1-2H3;7-8H,1-6H2. The highest BCUT2D eigenvalue weighted by Gasteiger charge is 1.92. The maximum absolute atomic E-state index is 10.4. The van der Waals surface area contributed by atoms with E-state index >= 15 is 0 Å². The lowest BCUT2D eigenvalue weighted by atomic mass is 10.1. The minimum atomic E-state index is 0.283. The number of aliphatic hydroxyl groups is 2. The van der Waals surface area contributed by atoms with Gasteiger partial charge < -0.3 is 19.7 Å². The van der Waals surface area contributed by atoms with Crippen molar-refractivity contribution in [2.45, 2.75) is 58.3 Å². The van der Waals surface area contributed by atoms with Gasteiger partial charge in [-0.15, -0.1) is 0 Å². The summed E-state index contributed by atoms with van der Waals surface area (Å²) < 4.78 is 4.86. The van der Waals surface area contributed by atoms with Crippen molar-refractivity contribution in [2.75, 3.05) is 26.9 Å². The third-order valence-electron chi connectivity index (χ3n) is 2.44. The van der Waals surface area contributed by atoms with Crippen molar-refractivity contribution < 1.29 is 19.7 Å². The molecule has 0 rings (SSSR count). The minimum Gasteiger partial charge on any atom is -0.396 e. The van der Waals surface area contributed by atoms with Crippen LogP contribution in [-0.4, -0.2) is 42.9 Å². The number of hydrogen-bond donors (Lipinski definition) is 2. The molecule has 2 N–H and O–H groups in total. The van der Waals surface area contributed by atoms with Gasteiger partial charge in [-0.05, 0) is 32.6 Å². The van der Waals surface area contributed by atoms with Crippen molar-refractivity contribution in [3.8, 4) is 0 Å². The molecular formula is C14H30O4. The van der Waals surface area contributed by atoms with Crippen molar-refractivity contribution >= 4 is 5.78 Å². The molecule has 0 saturated heterocycles. The molecule has 0 radical (unpaired) electrons. The lowest BCUT2D eigenvalue weighted by molar-refractivity contribution is -0.117. The van der Waals surface area contributed by atoms with Gasteiger partial charge in [-0.1, -0.05) is 19.3 Å². The van der Waals surface area contributed by atoms with Gasteiger partial charge in [-0.2, -0.15) is 0 Å². The lowest BCUT2D eigenvalue weighted by Crippen LogP contribution is -1.92. The Hall–Kier alpha value is -0.450. The van der Waals surface area contributed by atoms with Crippen LogP contribution in [0.5, 0.6) is 0 Å². The molecule has 18 heavy (non-hydrogen) atoms. The quantitative estimate of drug-likeness (QED) is 0.561. The first-order chi connectivity index (χ1) is 8.68. The van der Waals surface area contributed by atoms with E-state index in [-0.39, 0.29) is 19.0 Å². The Kier molecular flexibility index (Phi) is 20.9. The van der Waals surface area contributed by atoms with Crippen LogP contribution in [0.1, 0.15) is 58.3 Å². The van der Waals surface area contributed by atoms with Gasteiger partial charge in [0.25, 0.3) is 0 Å². The predicted molar refractivity (Wildman–Crippen MR) is 73.7 cm³/mol. The van der Waals surface area contributed by atoms with Crippen molar-refractivity contribution in [1.29, 1.82) is 0 Å². The predicted octanol–water partition coefficient (Wildman–Crippen LogP) is 2.31. The van der Waals surface area contributed by atoms with Gasteiger partial charge in [-0.25, -0.2) is 0 Å². The molecule has 0 aromatic rings. The Morgan fingerprint density at radius 3 is 1.78 bits per heavy atom. The third-order valence-corrected chi connectivity index (χ3v) is 2.44. The first kappa shape index (κ1) is 19.9. The molecule has 0 amide bonds. The fourth-order valence-electron chi connectivity index (χ4n) is 1.37. The highest BCUT2D eigenvalue weighted by atomic mass is 16.5. The van der Waals surface area contributed by atoms with Crippen LogP contribution < -0.4 is 0 Å². The maximum atomic E-state index is 10.4. The average molecular weight is 262 g/mol. The largest absolute Gasteiger partial charge is 0.396 e. The summed E-state index contributed by atoms with van der Waals surface area (Å²) in [6.07, 6.45) is 7.74. The minimum absolute atomic E-state index is 0.283. The Bertz CT molecular complexity index is 154. The number of carbonyl (C=O) groups is 1. The average Bonchev–Trinajstić information content (AvgIpc) is 2.35. The molecule has 4 heteroatoms. The number of methoxy groups -OCH3 is 1. The van der Waals surface area contributed by atoms with Gasteiger partial charge in [0.2, 0.25) is 0 Å². The van der Waals surface area contributed by atoms with E-state index < -0.39 is 0 Å². The van der Waals surface area contributed by atoms with Crippen molar-refractivity contribution in [3.05, 3.63) is 0 Å². The van der Waals surface area contributed by atoms with Crippen LogP contribution in [-0.2, 0) is 9.53 Å². The zero-order chi connectivity index (χ0) is 14.1. The number of hydrogen-bond acceptors (Lipinski definition) is 4. The van der Waals surface area contributed by atoms with E-state index in [0.29, 0.717) is 0 Å². The lowest BCUT2D eigenvalue weighted by Gasteiger charge is -1.96. The molecule has 0 atom stereocenters. The molecule has 0 bridgehead atoms. The normalized spacial score (nSPS) is 9.78. The summed E-state index contributed by atoms with van der Waals surface area (Å²) in [6, 6.07) is 0. The monoisotopic (exact) mass is 262 g/mol. The van der Waals surface area contributed by atoms with Gasteiger partial charge >= 0.3 is 0 Å². The summed E-state index contributed by atoms with van der Waals surface area (Å²) in [5, 5.41) is 16.6.